The van der Waals surface area contributed by atoms with E-state index in [1.807, 2.05) is 18.4 Å². The Morgan fingerprint density at radius 1 is 1.38 bits per heavy atom. The lowest BCUT2D eigenvalue weighted by atomic mass is 10.1. The fraction of sp³-hybridized carbons (Fsp3) is 0.385. The molecule has 21 heavy (non-hydrogen) atoms. The first kappa shape index (κ1) is 14.8. The molecule has 1 aromatic carbocycles. The van der Waals surface area contributed by atoms with Crippen LogP contribution in [0.3, 0.4) is 0 Å². The van der Waals surface area contributed by atoms with Crippen LogP contribution in [0.25, 0.3) is 11.4 Å². The average Bonchev–Trinajstić information content (AvgIpc) is 2.89. The first-order valence-electron chi connectivity index (χ1n) is 6.62. The molecule has 0 fully saturated rings. The Balaban J connectivity index is 2.62. The highest BCUT2D eigenvalue weighted by Crippen LogP contribution is 2.37. The lowest BCUT2D eigenvalue weighted by Crippen LogP contribution is -2.07. The van der Waals surface area contributed by atoms with Crippen LogP contribution >= 0.6 is 0 Å². The van der Waals surface area contributed by atoms with Gasteiger partial charge in [-0.3, -0.25) is 14.7 Å². The van der Waals surface area contributed by atoms with E-state index in [0.717, 1.165) is 0 Å². The third kappa shape index (κ3) is 2.64. The van der Waals surface area contributed by atoms with E-state index in [-0.39, 0.29) is 11.4 Å². The van der Waals surface area contributed by atoms with Crippen molar-refractivity contribution in [1.29, 1.82) is 0 Å². The molecule has 0 unspecified atom stereocenters. The number of hydrogen-bond acceptors (Lipinski definition) is 6. The van der Waals surface area contributed by atoms with Gasteiger partial charge in [-0.05, 0) is 19.9 Å². The van der Waals surface area contributed by atoms with Crippen LogP contribution in [0.1, 0.15) is 13.8 Å². The van der Waals surface area contributed by atoms with Gasteiger partial charge in [0.2, 0.25) is 11.7 Å². The Bertz CT molecular complexity index is 653. The molecule has 0 saturated heterocycles. The second kappa shape index (κ2) is 6.21. The Kier molecular flexibility index (Phi) is 4.36. The first-order valence-corrected chi connectivity index (χ1v) is 6.62. The SMILES string of the molecule is CCNc1nnc(-c2cccc([N+](=O)[O-])c2OC)n1CC. The summed E-state index contributed by atoms with van der Waals surface area (Å²) >= 11 is 0. The number of aromatic nitrogens is 3. The van der Waals surface area contributed by atoms with E-state index in [4.69, 9.17) is 4.74 Å². The molecule has 1 N–H and O–H groups in total. The van der Waals surface area contributed by atoms with Crippen molar-refractivity contribution >= 4 is 11.6 Å². The molecule has 1 heterocycles. The highest BCUT2D eigenvalue weighted by molar-refractivity contribution is 5.72. The predicted octanol–water partition coefficient (Wildman–Crippen LogP) is 2.31. The number of para-hydroxylation sites is 1. The van der Waals surface area contributed by atoms with E-state index in [0.29, 0.717) is 30.4 Å². The minimum atomic E-state index is -0.472. The molecule has 0 aliphatic rings. The molecule has 1 aromatic heterocycles. The van der Waals surface area contributed by atoms with Gasteiger partial charge >= 0.3 is 5.69 Å². The van der Waals surface area contributed by atoms with Crippen LogP contribution in [0.15, 0.2) is 18.2 Å². The second-order valence-electron chi connectivity index (χ2n) is 4.24. The Morgan fingerprint density at radius 3 is 2.71 bits per heavy atom. The van der Waals surface area contributed by atoms with E-state index in [2.05, 4.69) is 15.5 Å². The number of rotatable bonds is 6. The van der Waals surface area contributed by atoms with Gasteiger partial charge in [0.05, 0.1) is 17.6 Å². The van der Waals surface area contributed by atoms with Crippen molar-refractivity contribution < 1.29 is 9.66 Å². The van der Waals surface area contributed by atoms with Crippen LogP contribution in [-0.4, -0.2) is 33.3 Å². The van der Waals surface area contributed by atoms with Crippen LogP contribution < -0.4 is 10.1 Å². The summed E-state index contributed by atoms with van der Waals surface area (Å²) in [6.07, 6.45) is 0. The highest BCUT2D eigenvalue weighted by Gasteiger charge is 2.23. The lowest BCUT2D eigenvalue weighted by Gasteiger charge is -2.11. The topological polar surface area (TPSA) is 95.1 Å². The molecule has 0 aliphatic heterocycles. The Hall–Kier alpha value is -2.64. The zero-order valence-electron chi connectivity index (χ0n) is 12.2. The van der Waals surface area contributed by atoms with Crippen LogP contribution in [0.4, 0.5) is 11.6 Å². The van der Waals surface area contributed by atoms with Gasteiger partial charge in [-0.1, -0.05) is 6.07 Å². The van der Waals surface area contributed by atoms with Crippen molar-refractivity contribution in [3.05, 3.63) is 28.3 Å². The minimum Gasteiger partial charge on any atom is -0.490 e. The monoisotopic (exact) mass is 291 g/mol. The number of hydrogen-bond donors (Lipinski definition) is 1. The lowest BCUT2D eigenvalue weighted by molar-refractivity contribution is -0.385. The quantitative estimate of drug-likeness (QED) is 0.648. The number of nitrogens with zero attached hydrogens (tertiary/aromatic N) is 4. The van der Waals surface area contributed by atoms with Gasteiger partial charge in [0.25, 0.3) is 0 Å². The number of nitrogens with one attached hydrogen (secondary N) is 1. The van der Waals surface area contributed by atoms with Crippen LogP contribution in [0.5, 0.6) is 5.75 Å². The van der Waals surface area contributed by atoms with Crippen LogP contribution in [0, 0.1) is 10.1 Å². The second-order valence-corrected chi connectivity index (χ2v) is 4.24. The molecule has 112 valence electrons. The zero-order chi connectivity index (χ0) is 15.4. The van der Waals surface area contributed by atoms with Gasteiger partial charge in [-0.2, -0.15) is 0 Å². The summed E-state index contributed by atoms with van der Waals surface area (Å²) < 4.78 is 7.07. The minimum absolute atomic E-state index is 0.0920. The van der Waals surface area contributed by atoms with Gasteiger partial charge in [0.1, 0.15) is 0 Å². The average molecular weight is 291 g/mol. The molecule has 0 radical (unpaired) electrons. The van der Waals surface area contributed by atoms with Gasteiger partial charge in [0.15, 0.2) is 5.82 Å². The van der Waals surface area contributed by atoms with Crippen molar-refractivity contribution in [2.75, 3.05) is 19.0 Å². The summed E-state index contributed by atoms with van der Waals surface area (Å²) in [6, 6.07) is 4.75. The molecule has 0 atom stereocenters. The maximum absolute atomic E-state index is 11.1. The zero-order valence-corrected chi connectivity index (χ0v) is 12.2. The molecule has 2 rings (SSSR count). The van der Waals surface area contributed by atoms with E-state index in [1.165, 1.54) is 13.2 Å². The predicted molar refractivity (Wildman–Crippen MR) is 78.5 cm³/mol. The van der Waals surface area contributed by atoms with E-state index < -0.39 is 4.92 Å². The third-order valence-corrected chi connectivity index (χ3v) is 3.04. The van der Waals surface area contributed by atoms with Crippen LogP contribution in [-0.2, 0) is 6.54 Å². The normalized spacial score (nSPS) is 10.4. The highest BCUT2D eigenvalue weighted by atomic mass is 16.6. The molecule has 2 aromatic rings. The number of nitro benzene ring substituents is 1. The largest absolute Gasteiger partial charge is 0.490 e. The molecular weight excluding hydrogens is 274 g/mol. The van der Waals surface area contributed by atoms with Gasteiger partial charge in [-0.25, -0.2) is 0 Å². The summed E-state index contributed by atoms with van der Waals surface area (Å²) in [5, 5.41) is 22.4. The Morgan fingerprint density at radius 2 is 2.14 bits per heavy atom. The number of nitro groups is 1. The molecule has 0 bridgehead atoms. The maximum atomic E-state index is 11.1. The van der Waals surface area contributed by atoms with E-state index in [9.17, 15) is 10.1 Å². The molecule has 0 amide bonds. The van der Waals surface area contributed by atoms with Gasteiger partial charge in [0, 0.05) is 19.2 Å². The van der Waals surface area contributed by atoms with Crippen molar-refractivity contribution in [1.82, 2.24) is 14.8 Å². The molecular formula is C13H17N5O3. The number of benzene rings is 1. The summed E-state index contributed by atoms with van der Waals surface area (Å²) in [6.45, 7) is 5.26. The Labute approximate surface area is 121 Å². The number of anilines is 1. The van der Waals surface area contributed by atoms with Crippen molar-refractivity contribution in [2.45, 2.75) is 20.4 Å². The first-order chi connectivity index (χ1) is 10.1. The third-order valence-electron chi connectivity index (χ3n) is 3.04. The standard InChI is InChI=1S/C13H17N5O3/c1-4-14-13-16-15-12(17(13)5-2)9-7-6-8-10(18(19)20)11(9)21-3/h6-8H,4-5H2,1-3H3,(H,14,16). The van der Waals surface area contributed by atoms with Crippen molar-refractivity contribution in [3.8, 4) is 17.1 Å². The molecule has 0 spiro atoms. The van der Waals surface area contributed by atoms with Gasteiger partial charge in [-0.15, -0.1) is 10.2 Å². The molecule has 0 saturated carbocycles. The van der Waals surface area contributed by atoms with Crippen molar-refractivity contribution in [3.63, 3.8) is 0 Å². The summed E-state index contributed by atoms with van der Waals surface area (Å²) in [7, 11) is 1.41. The van der Waals surface area contributed by atoms with E-state index >= 15 is 0 Å². The van der Waals surface area contributed by atoms with Crippen molar-refractivity contribution in [2.24, 2.45) is 0 Å². The summed E-state index contributed by atoms with van der Waals surface area (Å²) in [5.74, 6) is 1.35. The smallest absolute Gasteiger partial charge is 0.311 e. The summed E-state index contributed by atoms with van der Waals surface area (Å²) in [5.41, 5.74) is 0.454. The van der Waals surface area contributed by atoms with Crippen LogP contribution in [0.2, 0.25) is 0 Å². The fourth-order valence-corrected chi connectivity index (χ4v) is 2.15. The summed E-state index contributed by atoms with van der Waals surface area (Å²) in [4.78, 5) is 10.6. The fourth-order valence-electron chi connectivity index (χ4n) is 2.15. The molecule has 0 aliphatic carbocycles. The maximum Gasteiger partial charge on any atom is 0.311 e. The number of methoxy groups -OCH3 is 1. The molecule has 8 nitrogen and oxygen atoms in total. The van der Waals surface area contributed by atoms with Gasteiger partial charge < -0.3 is 10.1 Å². The molecule has 8 heteroatoms. The van der Waals surface area contributed by atoms with E-state index in [1.54, 1.807) is 12.1 Å². The number of ether oxygens (including phenoxy) is 1.